The van der Waals surface area contributed by atoms with Crippen molar-refractivity contribution in [1.29, 1.82) is 0 Å². The first kappa shape index (κ1) is 28.5. The monoisotopic (exact) mass is 547 g/mol. The van der Waals surface area contributed by atoms with Crippen LogP contribution in [0.1, 0.15) is 55.5 Å². The number of carbonyl (C=O) groups excluding carboxylic acids is 3. The smallest absolute Gasteiger partial charge is 0.328 e. The van der Waals surface area contributed by atoms with E-state index in [1.807, 2.05) is 0 Å². The molecule has 0 heterocycles. The Morgan fingerprint density at radius 2 is 1.68 bits per heavy atom. The molecule has 2 N–H and O–H groups in total. The van der Waals surface area contributed by atoms with Crippen LogP contribution in [-0.4, -0.2) is 43.3 Å². The topological polar surface area (TPSA) is 106 Å². The molecule has 0 bridgehead atoms. The van der Waals surface area contributed by atoms with Crippen molar-refractivity contribution < 1.29 is 24.0 Å². The van der Waals surface area contributed by atoms with E-state index >= 15 is 0 Å². The minimum atomic E-state index is -0.886. The number of amides is 2. The van der Waals surface area contributed by atoms with Crippen molar-refractivity contribution in [2.45, 2.75) is 52.0 Å². The molecule has 10 heteroatoms. The van der Waals surface area contributed by atoms with Gasteiger partial charge in [0, 0.05) is 12.1 Å². The summed E-state index contributed by atoms with van der Waals surface area (Å²) in [5.74, 6) is -1.21. The van der Waals surface area contributed by atoms with Gasteiger partial charge in [0.25, 0.3) is 5.91 Å². The maximum atomic E-state index is 13.4. The fraction of sp³-hybridized carbons (Fsp3) is 0.407. The van der Waals surface area contributed by atoms with Crippen LogP contribution in [0.3, 0.4) is 0 Å². The molecule has 2 aromatic rings. The molecule has 8 nitrogen and oxygen atoms in total. The summed E-state index contributed by atoms with van der Waals surface area (Å²) in [6.07, 6.45) is 3.26. The van der Waals surface area contributed by atoms with E-state index in [0.29, 0.717) is 24.2 Å². The Kier molecular flexibility index (Phi) is 9.94. The zero-order chi connectivity index (χ0) is 27.0. The maximum Gasteiger partial charge on any atom is 0.328 e. The number of nitrogens with one attached hydrogen (secondary N) is 2. The molecular formula is C27H31Cl2N3O5. The second-order valence-corrected chi connectivity index (χ2v) is 9.69. The Balaban J connectivity index is 1.74. The van der Waals surface area contributed by atoms with Gasteiger partial charge in [0.15, 0.2) is 0 Å². The molecule has 0 radical (unpaired) electrons. The molecule has 0 aromatic heterocycles. The molecule has 0 saturated heterocycles. The van der Waals surface area contributed by atoms with Gasteiger partial charge in [-0.05, 0) is 56.5 Å². The summed E-state index contributed by atoms with van der Waals surface area (Å²) in [7, 11) is 1.45. The van der Waals surface area contributed by atoms with Crippen molar-refractivity contribution >= 4 is 52.4 Å². The molecular weight excluding hydrogens is 517 g/mol. The van der Waals surface area contributed by atoms with Gasteiger partial charge in [-0.3, -0.25) is 9.59 Å². The van der Waals surface area contributed by atoms with Crippen LogP contribution in [-0.2, 0) is 25.6 Å². The van der Waals surface area contributed by atoms with Crippen LogP contribution in [0.4, 0.5) is 5.69 Å². The standard InChI is InChI=1S/C27H31Cl2N3O5/c1-4-37-25(34)22(31-26(35)27(14-5-6-15-27)17(2)32-36-3)16-18-10-12-19(13-11-18)30-24(33)23-20(28)8-7-9-21(23)29/h7-13,22H,4-6,14-16H2,1-3H3,(H,30,33)(H,31,35)/t22-/m0/s1. The molecule has 1 saturated carbocycles. The fourth-order valence-corrected chi connectivity index (χ4v) is 5.13. The van der Waals surface area contributed by atoms with E-state index in [0.717, 1.165) is 18.4 Å². The van der Waals surface area contributed by atoms with Crippen molar-refractivity contribution in [2.75, 3.05) is 19.0 Å². The average molecular weight is 548 g/mol. The fourth-order valence-electron chi connectivity index (χ4n) is 4.56. The van der Waals surface area contributed by atoms with E-state index in [2.05, 4.69) is 15.8 Å². The lowest BCUT2D eigenvalue weighted by Gasteiger charge is -2.29. The molecule has 1 fully saturated rings. The van der Waals surface area contributed by atoms with Crippen molar-refractivity contribution in [2.24, 2.45) is 10.6 Å². The van der Waals surface area contributed by atoms with Gasteiger partial charge in [-0.15, -0.1) is 0 Å². The van der Waals surface area contributed by atoms with Gasteiger partial charge in [0.1, 0.15) is 13.2 Å². The highest BCUT2D eigenvalue weighted by molar-refractivity contribution is 6.40. The molecule has 0 aliphatic heterocycles. The first-order valence-corrected chi connectivity index (χ1v) is 12.9. The lowest BCUT2D eigenvalue weighted by molar-refractivity contribution is -0.148. The number of nitrogens with zero attached hydrogens (tertiary/aromatic N) is 1. The minimum Gasteiger partial charge on any atom is -0.464 e. The number of oxime groups is 1. The van der Waals surface area contributed by atoms with Crippen molar-refractivity contribution in [1.82, 2.24) is 5.32 Å². The van der Waals surface area contributed by atoms with Gasteiger partial charge in [-0.1, -0.05) is 59.4 Å². The number of carbonyl (C=O) groups is 3. The number of hydrogen-bond acceptors (Lipinski definition) is 6. The summed E-state index contributed by atoms with van der Waals surface area (Å²) in [5, 5.41) is 10.2. The van der Waals surface area contributed by atoms with E-state index in [1.165, 1.54) is 7.11 Å². The second kappa shape index (κ2) is 12.9. The predicted molar refractivity (Wildman–Crippen MR) is 144 cm³/mol. The largest absolute Gasteiger partial charge is 0.464 e. The summed E-state index contributed by atoms with van der Waals surface area (Å²) in [6, 6.07) is 10.9. The molecule has 37 heavy (non-hydrogen) atoms. The summed E-state index contributed by atoms with van der Waals surface area (Å²) in [5.41, 5.74) is 1.27. The SMILES string of the molecule is CCOC(=O)[C@H](Cc1ccc(NC(=O)c2c(Cl)cccc2Cl)cc1)NC(=O)C1(C(C)=NOC)CCCC1. The molecule has 1 aliphatic carbocycles. The summed E-state index contributed by atoms with van der Waals surface area (Å²) >= 11 is 12.3. The van der Waals surface area contributed by atoms with E-state index < -0.39 is 23.3 Å². The quantitative estimate of drug-likeness (QED) is 0.234. The zero-order valence-corrected chi connectivity index (χ0v) is 22.6. The predicted octanol–water partition coefficient (Wildman–Crippen LogP) is 5.42. The van der Waals surface area contributed by atoms with Gasteiger partial charge in [0.05, 0.1) is 33.3 Å². The summed E-state index contributed by atoms with van der Waals surface area (Å²) < 4.78 is 5.24. The van der Waals surface area contributed by atoms with Gasteiger partial charge < -0.3 is 20.2 Å². The Morgan fingerprint density at radius 3 is 2.24 bits per heavy atom. The van der Waals surface area contributed by atoms with Gasteiger partial charge in [0.2, 0.25) is 5.91 Å². The van der Waals surface area contributed by atoms with Gasteiger partial charge >= 0.3 is 5.97 Å². The minimum absolute atomic E-state index is 0.188. The molecule has 1 atom stereocenters. The zero-order valence-electron chi connectivity index (χ0n) is 21.1. The summed E-state index contributed by atoms with van der Waals surface area (Å²) in [4.78, 5) is 43.8. The molecule has 198 valence electrons. The number of halogens is 2. The Hall–Kier alpha value is -3.10. The van der Waals surface area contributed by atoms with Crippen LogP contribution in [0.2, 0.25) is 10.0 Å². The summed E-state index contributed by atoms with van der Waals surface area (Å²) in [6.45, 7) is 3.68. The van der Waals surface area contributed by atoms with E-state index in [-0.39, 0.29) is 34.5 Å². The highest BCUT2D eigenvalue weighted by Crippen LogP contribution is 2.40. The number of esters is 1. The third-order valence-electron chi connectivity index (χ3n) is 6.53. The highest BCUT2D eigenvalue weighted by atomic mass is 35.5. The van der Waals surface area contributed by atoms with E-state index in [1.54, 1.807) is 56.3 Å². The van der Waals surface area contributed by atoms with Crippen LogP contribution in [0.15, 0.2) is 47.6 Å². The van der Waals surface area contributed by atoms with Crippen LogP contribution in [0.5, 0.6) is 0 Å². The maximum absolute atomic E-state index is 13.4. The Bertz CT molecular complexity index is 1140. The average Bonchev–Trinajstić information content (AvgIpc) is 3.36. The Morgan fingerprint density at radius 1 is 1.05 bits per heavy atom. The van der Waals surface area contributed by atoms with Crippen LogP contribution in [0, 0.1) is 5.41 Å². The molecule has 0 unspecified atom stereocenters. The molecule has 0 spiro atoms. The number of ether oxygens (including phenoxy) is 1. The first-order chi connectivity index (χ1) is 17.7. The third kappa shape index (κ3) is 6.81. The van der Waals surface area contributed by atoms with Crippen molar-refractivity contribution in [3.63, 3.8) is 0 Å². The molecule has 1 aliphatic rings. The first-order valence-electron chi connectivity index (χ1n) is 12.1. The molecule has 2 amide bonds. The van der Waals surface area contributed by atoms with Gasteiger partial charge in [-0.25, -0.2) is 4.79 Å². The van der Waals surface area contributed by atoms with Crippen LogP contribution in [0.25, 0.3) is 0 Å². The molecule has 3 rings (SSSR count). The van der Waals surface area contributed by atoms with Gasteiger partial charge in [-0.2, -0.15) is 0 Å². The lowest BCUT2D eigenvalue weighted by atomic mass is 9.80. The highest BCUT2D eigenvalue weighted by Gasteiger charge is 2.45. The van der Waals surface area contributed by atoms with E-state index in [9.17, 15) is 14.4 Å². The number of rotatable bonds is 10. The lowest BCUT2D eigenvalue weighted by Crippen LogP contribution is -2.51. The van der Waals surface area contributed by atoms with Crippen LogP contribution < -0.4 is 10.6 Å². The number of benzene rings is 2. The second-order valence-electron chi connectivity index (χ2n) is 8.88. The van der Waals surface area contributed by atoms with Crippen LogP contribution >= 0.6 is 23.2 Å². The Labute approximate surface area is 226 Å². The number of hydrogen-bond donors (Lipinski definition) is 2. The third-order valence-corrected chi connectivity index (χ3v) is 7.16. The van der Waals surface area contributed by atoms with Crippen molar-refractivity contribution in [3.8, 4) is 0 Å². The van der Waals surface area contributed by atoms with E-state index in [4.69, 9.17) is 32.8 Å². The molecule has 2 aromatic carbocycles. The normalized spacial score (nSPS) is 15.5. The van der Waals surface area contributed by atoms with Crippen molar-refractivity contribution in [3.05, 3.63) is 63.6 Å². The number of anilines is 1.